The topological polar surface area (TPSA) is 64.4 Å². The summed E-state index contributed by atoms with van der Waals surface area (Å²) < 4.78 is 5.31. The lowest BCUT2D eigenvalue weighted by atomic mass is 9.79. The third kappa shape index (κ3) is 2.52. The number of hydrogen-bond acceptors (Lipinski definition) is 4. The standard InChI is InChI=1S/C11H20N2O2S/c12-8-11(2-4-15-5-3-11)10(14)13-9-1-6-16-7-9/h9H,1-8,12H2,(H,13,14). The first-order chi connectivity index (χ1) is 7.77. The van der Waals surface area contributed by atoms with Crippen LogP contribution in [0.2, 0.25) is 0 Å². The number of carbonyl (C=O) groups is 1. The van der Waals surface area contributed by atoms with Crippen molar-refractivity contribution in [2.45, 2.75) is 25.3 Å². The van der Waals surface area contributed by atoms with Crippen LogP contribution in [0.1, 0.15) is 19.3 Å². The molecule has 2 aliphatic heterocycles. The summed E-state index contributed by atoms with van der Waals surface area (Å²) in [5, 5.41) is 3.14. The fraction of sp³-hybridized carbons (Fsp3) is 0.909. The van der Waals surface area contributed by atoms with E-state index in [4.69, 9.17) is 10.5 Å². The van der Waals surface area contributed by atoms with Gasteiger partial charge in [-0.25, -0.2) is 0 Å². The SMILES string of the molecule is NCC1(C(=O)NC2CCSC2)CCOCC1. The first-order valence-corrected chi connectivity index (χ1v) is 7.09. The van der Waals surface area contributed by atoms with Crippen LogP contribution < -0.4 is 11.1 Å². The predicted molar refractivity (Wildman–Crippen MR) is 65.4 cm³/mol. The Balaban J connectivity index is 1.94. The molecule has 0 aromatic rings. The minimum Gasteiger partial charge on any atom is -0.381 e. The van der Waals surface area contributed by atoms with Gasteiger partial charge in [0.2, 0.25) is 5.91 Å². The van der Waals surface area contributed by atoms with Crippen LogP contribution >= 0.6 is 11.8 Å². The van der Waals surface area contributed by atoms with Gasteiger partial charge >= 0.3 is 0 Å². The van der Waals surface area contributed by atoms with Gasteiger partial charge in [-0.1, -0.05) is 0 Å². The smallest absolute Gasteiger partial charge is 0.227 e. The quantitative estimate of drug-likeness (QED) is 0.752. The summed E-state index contributed by atoms with van der Waals surface area (Å²) in [7, 11) is 0. The van der Waals surface area contributed by atoms with E-state index in [1.165, 1.54) is 0 Å². The minimum atomic E-state index is -0.370. The summed E-state index contributed by atoms with van der Waals surface area (Å²) in [5.74, 6) is 2.35. The van der Waals surface area contributed by atoms with Crippen LogP contribution in [0, 0.1) is 5.41 Å². The van der Waals surface area contributed by atoms with E-state index in [2.05, 4.69) is 5.32 Å². The highest BCUT2D eigenvalue weighted by molar-refractivity contribution is 7.99. The molecule has 2 fully saturated rings. The number of thioether (sulfide) groups is 1. The fourth-order valence-electron chi connectivity index (χ4n) is 2.27. The van der Waals surface area contributed by atoms with E-state index in [9.17, 15) is 4.79 Å². The largest absolute Gasteiger partial charge is 0.381 e. The van der Waals surface area contributed by atoms with Crippen molar-refractivity contribution in [3.05, 3.63) is 0 Å². The van der Waals surface area contributed by atoms with Crippen LogP contribution in [0.25, 0.3) is 0 Å². The normalized spacial score (nSPS) is 28.9. The lowest BCUT2D eigenvalue weighted by Gasteiger charge is -2.35. The third-order valence-corrected chi connectivity index (χ3v) is 4.75. The number of amides is 1. The van der Waals surface area contributed by atoms with Gasteiger partial charge in [0.1, 0.15) is 0 Å². The summed E-state index contributed by atoms with van der Waals surface area (Å²) in [6.07, 6.45) is 2.61. The highest BCUT2D eigenvalue weighted by Crippen LogP contribution is 2.30. The molecule has 3 N–H and O–H groups in total. The average Bonchev–Trinajstić information content (AvgIpc) is 2.82. The van der Waals surface area contributed by atoms with Gasteiger partial charge in [0, 0.05) is 31.6 Å². The number of carbonyl (C=O) groups excluding carboxylic acids is 1. The Labute approximate surface area is 101 Å². The van der Waals surface area contributed by atoms with Gasteiger partial charge < -0.3 is 15.8 Å². The Morgan fingerprint density at radius 1 is 1.50 bits per heavy atom. The zero-order valence-corrected chi connectivity index (χ0v) is 10.4. The molecule has 16 heavy (non-hydrogen) atoms. The molecule has 1 unspecified atom stereocenters. The molecule has 2 aliphatic rings. The van der Waals surface area contributed by atoms with Gasteiger partial charge in [-0.2, -0.15) is 11.8 Å². The molecule has 0 aromatic heterocycles. The zero-order valence-electron chi connectivity index (χ0n) is 9.54. The van der Waals surface area contributed by atoms with E-state index >= 15 is 0 Å². The number of nitrogens with two attached hydrogens (primary N) is 1. The first-order valence-electron chi connectivity index (χ1n) is 5.93. The van der Waals surface area contributed by atoms with Crippen molar-refractivity contribution in [1.82, 2.24) is 5.32 Å². The third-order valence-electron chi connectivity index (χ3n) is 3.59. The van der Waals surface area contributed by atoms with E-state index in [0.29, 0.717) is 25.8 Å². The summed E-state index contributed by atoms with van der Waals surface area (Å²) in [6.45, 7) is 1.75. The molecular formula is C11H20N2O2S. The molecule has 5 heteroatoms. The van der Waals surface area contributed by atoms with Crippen LogP contribution in [-0.2, 0) is 9.53 Å². The molecular weight excluding hydrogens is 224 g/mol. The van der Waals surface area contributed by atoms with Crippen molar-refractivity contribution < 1.29 is 9.53 Å². The Kier molecular flexibility index (Phi) is 4.10. The second-order valence-corrected chi connectivity index (χ2v) is 5.78. The molecule has 0 aromatic carbocycles. The lowest BCUT2D eigenvalue weighted by molar-refractivity contribution is -0.136. The molecule has 4 nitrogen and oxygen atoms in total. The molecule has 0 radical (unpaired) electrons. The number of ether oxygens (including phenoxy) is 1. The molecule has 2 saturated heterocycles. The molecule has 1 amide bonds. The molecule has 2 rings (SSSR count). The molecule has 0 spiro atoms. The molecule has 1 atom stereocenters. The second kappa shape index (κ2) is 5.38. The van der Waals surface area contributed by atoms with Crippen molar-refractivity contribution in [1.29, 1.82) is 0 Å². The molecule has 0 aliphatic carbocycles. The van der Waals surface area contributed by atoms with Crippen LogP contribution in [0.4, 0.5) is 0 Å². The lowest BCUT2D eigenvalue weighted by Crippen LogP contribution is -2.51. The van der Waals surface area contributed by atoms with Gasteiger partial charge in [-0.15, -0.1) is 0 Å². The minimum absolute atomic E-state index is 0.144. The average molecular weight is 244 g/mol. The molecule has 0 saturated carbocycles. The Bertz CT molecular complexity index is 248. The Hall–Kier alpha value is -0.260. The molecule has 0 bridgehead atoms. The van der Waals surface area contributed by atoms with Crippen LogP contribution in [-0.4, -0.2) is 43.2 Å². The highest BCUT2D eigenvalue weighted by Gasteiger charge is 2.39. The second-order valence-electron chi connectivity index (χ2n) is 4.63. The molecule has 92 valence electrons. The van der Waals surface area contributed by atoms with Gasteiger partial charge in [-0.3, -0.25) is 4.79 Å². The van der Waals surface area contributed by atoms with Crippen molar-refractivity contribution in [2.24, 2.45) is 11.1 Å². The van der Waals surface area contributed by atoms with E-state index in [1.54, 1.807) is 0 Å². The monoisotopic (exact) mass is 244 g/mol. The maximum atomic E-state index is 12.3. The van der Waals surface area contributed by atoms with E-state index in [-0.39, 0.29) is 11.3 Å². The highest BCUT2D eigenvalue weighted by atomic mass is 32.2. The fourth-order valence-corrected chi connectivity index (χ4v) is 3.43. The summed E-state index contributed by atoms with van der Waals surface area (Å²) >= 11 is 1.91. The first kappa shape index (κ1) is 12.2. The van der Waals surface area contributed by atoms with Gasteiger partial charge in [0.15, 0.2) is 0 Å². The van der Waals surface area contributed by atoms with Crippen molar-refractivity contribution in [3.63, 3.8) is 0 Å². The van der Waals surface area contributed by atoms with E-state index < -0.39 is 0 Å². The summed E-state index contributed by atoms with van der Waals surface area (Å²) in [6, 6.07) is 0.351. The molecule has 2 heterocycles. The number of nitrogens with one attached hydrogen (secondary N) is 1. The summed E-state index contributed by atoms with van der Waals surface area (Å²) in [5.41, 5.74) is 5.42. The van der Waals surface area contributed by atoms with Crippen LogP contribution in [0.3, 0.4) is 0 Å². The van der Waals surface area contributed by atoms with Crippen LogP contribution in [0.15, 0.2) is 0 Å². The maximum Gasteiger partial charge on any atom is 0.227 e. The zero-order chi connectivity index (χ0) is 11.4. The van der Waals surface area contributed by atoms with Gasteiger partial charge in [0.05, 0.1) is 5.41 Å². The van der Waals surface area contributed by atoms with Crippen molar-refractivity contribution in [3.8, 4) is 0 Å². The predicted octanol–water partition coefficient (Wildman–Crippen LogP) is 0.364. The van der Waals surface area contributed by atoms with E-state index in [0.717, 1.165) is 30.8 Å². The van der Waals surface area contributed by atoms with Crippen LogP contribution in [0.5, 0.6) is 0 Å². The summed E-state index contributed by atoms with van der Waals surface area (Å²) in [4.78, 5) is 12.3. The van der Waals surface area contributed by atoms with Gasteiger partial charge in [-0.05, 0) is 25.0 Å². The van der Waals surface area contributed by atoms with E-state index in [1.807, 2.05) is 11.8 Å². The number of rotatable bonds is 3. The maximum absolute atomic E-state index is 12.3. The Morgan fingerprint density at radius 3 is 2.81 bits per heavy atom. The van der Waals surface area contributed by atoms with Gasteiger partial charge in [0.25, 0.3) is 0 Å². The van der Waals surface area contributed by atoms with Crippen molar-refractivity contribution in [2.75, 3.05) is 31.3 Å². The Morgan fingerprint density at radius 2 is 2.25 bits per heavy atom. The number of hydrogen-bond donors (Lipinski definition) is 2. The van der Waals surface area contributed by atoms with Crippen molar-refractivity contribution >= 4 is 17.7 Å².